The maximum atomic E-state index is 14.8. The highest BCUT2D eigenvalue weighted by Gasteiger charge is 2.18. The van der Waals surface area contributed by atoms with Gasteiger partial charge in [-0.1, -0.05) is 25.5 Å². The lowest BCUT2D eigenvalue weighted by atomic mass is 9.93. The van der Waals surface area contributed by atoms with Gasteiger partial charge < -0.3 is 10.2 Å². The van der Waals surface area contributed by atoms with Gasteiger partial charge in [0, 0.05) is 27.8 Å². The van der Waals surface area contributed by atoms with Crippen LogP contribution in [0.4, 0.5) is 4.39 Å². The van der Waals surface area contributed by atoms with E-state index in [0.717, 1.165) is 47.2 Å². The fourth-order valence-electron chi connectivity index (χ4n) is 3.00. The number of benzene rings is 1. The Morgan fingerprint density at radius 2 is 2.00 bits per heavy atom. The number of carbonyl (C=O) groups excluding carboxylic acids is 1. The van der Waals surface area contributed by atoms with Gasteiger partial charge in [0.05, 0.1) is 0 Å². The SMILES string of the molecule is CCN(CC)CCNC(=O)C1=C(/C)CCc2ccc(I)cc2/C(F)=C\1. The van der Waals surface area contributed by atoms with Crippen molar-refractivity contribution in [1.29, 1.82) is 0 Å². The number of allylic oxidation sites excluding steroid dienone is 1. The first-order chi connectivity index (χ1) is 12.0. The minimum absolute atomic E-state index is 0.186. The first kappa shape index (κ1) is 20.1. The zero-order valence-corrected chi connectivity index (χ0v) is 17.3. The maximum Gasteiger partial charge on any atom is 0.251 e. The third-order valence-electron chi connectivity index (χ3n) is 4.68. The molecule has 1 aliphatic rings. The van der Waals surface area contributed by atoms with Gasteiger partial charge in [-0.15, -0.1) is 0 Å². The molecule has 0 bridgehead atoms. The third kappa shape index (κ3) is 5.38. The zero-order valence-electron chi connectivity index (χ0n) is 15.2. The predicted octanol–water partition coefficient (Wildman–Crippen LogP) is 4.32. The van der Waals surface area contributed by atoms with E-state index in [1.165, 1.54) is 6.08 Å². The zero-order chi connectivity index (χ0) is 18.4. The summed E-state index contributed by atoms with van der Waals surface area (Å²) in [6.07, 6.45) is 2.90. The Balaban J connectivity index is 2.16. The van der Waals surface area contributed by atoms with E-state index in [2.05, 4.69) is 46.7 Å². The fourth-order valence-corrected chi connectivity index (χ4v) is 3.49. The number of carbonyl (C=O) groups is 1. The number of hydrogen-bond acceptors (Lipinski definition) is 2. The second kappa shape index (κ2) is 9.48. The molecule has 3 nitrogen and oxygen atoms in total. The lowest BCUT2D eigenvalue weighted by Crippen LogP contribution is -2.35. The van der Waals surface area contributed by atoms with Crippen LogP contribution in [-0.2, 0) is 11.2 Å². The molecule has 0 fully saturated rings. The van der Waals surface area contributed by atoms with Gasteiger partial charge in [0.25, 0.3) is 5.91 Å². The molecule has 1 aliphatic carbocycles. The second-order valence-electron chi connectivity index (χ2n) is 6.27. The van der Waals surface area contributed by atoms with E-state index >= 15 is 0 Å². The van der Waals surface area contributed by atoms with Crippen LogP contribution in [0.3, 0.4) is 0 Å². The molecule has 5 heteroatoms. The molecule has 1 aromatic rings. The van der Waals surface area contributed by atoms with Crippen molar-refractivity contribution in [2.24, 2.45) is 0 Å². The average Bonchev–Trinajstić information content (AvgIpc) is 2.60. The van der Waals surface area contributed by atoms with E-state index in [1.54, 1.807) is 0 Å². The summed E-state index contributed by atoms with van der Waals surface area (Å²) in [6.45, 7) is 9.41. The van der Waals surface area contributed by atoms with E-state index in [9.17, 15) is 9.18 Å². The number of amides is 1. The molecule has 0 spiro atoms. The van der Waals surface area contributed by atoms with Gasteiger partial charge in [0.2, 0.25) is 0 Å². The molecule has 0 radical (unpaired) electrons. The number of hydrogen-bond donors (Lipinski definition) is 1. The van der Waals surface area contributed by atoms with Gasteiger partial charge in [-0.05, 0) is 79.2 Å². The molecule has 2 rings (SSSR count). The Kier molecular flexibility index (Phi) is 7.62. The lowest BCUT2D eigenvalue weighted by Gasteiger charge is -2.19. The first-order valence-electron chi connectivity index (χ1n) is 8.82. The number of fused-ring (bicyclic) bond motifs is 1. The van der Waals surface area contributed by atoms with Crippen LogP contribution in [0, 0.1) is 3.57 Å². The van der Waals surface area contributed by atoms with Crippen molar-refractivity contribution >= 4 is 34.3 Å². The Morgan fingerprint density at radius 3 is 2.68 bits per heavy atom. The molecule has 0 atom stereocenters. The molecule has 0 aliphatic heterocycles. The highest BCUT2D eigenvalue weighted by Crippen LogP contribution is 2.29. The number of nitrogens with zero attached hydrogens (tertiary/aromatic N) is 1. The number of halogens is 2. The topological polar surface area (TPSA) is 32.3 Å². The summed E-state index contributed by atoms with van der Waals surface area (Å²) in [7, 11) is 0. The van der Waals surface area contributed by atoms with Gasteiger partial charge >= 0.3 is 0 Å². The van der Waals surface area contributed by atoms with E-state index in [-0.39, 0.29) is 11.7 Å². The van der Waals surface area contributed by atoms with Gasteiger partial charge in [-0.3, -0.25) is 4.79 Å². The molecule has 25 heavy (non-hydrogen) atoms. The van der Waals surface area contributed by atoms with Crippen LogP contribution in [-0.4, -0.2) is 37.0 Å². The van der Waals surface area contributed by atoms with Crippen molar-refractivity contribution in [1.82, 2.24) is 10.2 Å². The van der Waals surface area contributed by atoms with Crippen LogP contribution in [0.5, 0.6) is 0 Å². The minimum Gasteiger partial charge on any atom is -0.351 e. The predicted molar refractivity (Wildman–Crippen MR) is 110 cm³/mol. The summed E-state index contributed by atoms with van der Waals surface area (Å²) >= 11 is 2.18. The normalized spacial score (nSPS) is 19.7. The maximum absolute atomic E-state index is 14.8. The van der Waals surface area contributed by atoms with E-state index in [1.807, 2.05) is 25.1 Å². The van der Waals surface area contributed by atoms with Crippen molar-refractivity contribution in [2.45, 2.75) is 33.6 Å². The molecule has 0 aromatic heterocycles. The van der Waals surface area contributed by atoms with Gasteiger partial charge in [0.1, 0.15) is 5.83 Å². The highest BCUT2D eigenvalue weighted by molar-refractivity contribution is 14.1. The molecule has 0 heterocycles. The molecular formula is C20H26FIN2O. The van der Waals surface area contributed by atoms with Crippen molar-refractivity contribution in [3.8, 4) is 0 Å². The Morgan fingerprint density at radius 1 is 1.28 bits per heavy atom. The number of likely N-dealkylation sites (N-methyl/N-ethyl adjacent to an activating group) is 1. The standard InChI is InChI=1S/C20H26FIN2O/c1-4-24(5-2)11-10-23-20(25)17-13-19(21)18-12-16(22)9-8-15(18)7-6-14(17)3/h8-9,12-13H,4-7,10-11H2,1-3H3,(H,23,25)/b17-14-,19-13+. The number of aryl methyl sites for hydroxylation is 1. The Hall–Kier alpha value is -1.21. The second-order valence-corrected chi connectivity index (χ2v) is 7.52. The molecule has 1 aromatic carbocycles. The Bertz CT molecular complexity index is 693. The summed E-state index contributed by atoms with van der Waals surface area (Å²) in [5.74, 6) is -0.518. The van der Waals surface area contributed by atoms with Gasteiger partial charge in [-0.25, -0.2) is 4.39 Å². The summed E-state index contributed by atoms with van der Waals surface area (Å²) in [4.78, 5) is 14.8. The Labute approximate surface area is 163 Å². The van der Waals surface area contributed by atoms with Crippen molar-refractivity contribution in [3.05, 3.63) is 50.1 Å². The van der Waals surface area contributed by atoms with Crippen molar-refractivity contribution in [3.63, 3.8) is 0 Å². The van der Waals surface area contributed by atoms with Crippen LogP contribution in [0.2, 0.25) is 0 Å². The van der Waals surface area contributed by atoms with E-state index < -0.39 is 0 Å². The highest BCUT2D eigenvalue weighted by atomic mass is 127. The third-order valence-corrected chi connectivity index (χ3v) is 5.35. The molecule has 0 saturated heterocycles. The van der Waals surface area contributed by atoms with Crippen LogP contribution in [0.25, 0.3) is 5.83 Å². The van der Waals surface area contributed by atoms with E-state index in [0.29, 0.717) is 17.7 Å². The lowest BCUT2D eigenvalue weighted by molar-refractivity contribution is -0.117. The summed E-state index contributed by atoms with van der Waals surface area (Å²) < 4.78 is 15.8. The van der Waals surface area contributed by atoms with Gasteiger partial charge in [0.15, 0.2) is 0 Å². The monoisotopic (exact) mass is 456 g/mol. The van der Waals surface area contributed by atoms with Crippen molar-refractivity contribution < 1.29 is 9.18 Å². The summed E-state index contributed by atoms with van der Waals surface area (Å²) in [5.41, 5.74) is 2.99. The number of rotatable bonds is 6. The molecule has 136 valence electrons. The van der Waals surface area contributed by atoms with Crippen LogP contribution in [0.1, 0.15) is 38.3 Å². The molecule has 0 unspecified atom stereocenters. The van der Waals surface area contributed by atoms with Gasteiger partial charge in [-0.2, -0.15) is 0 Å². The van der Waals surface area contributed by atoms with Crippen LogP contribution >= 0.6 is 22.6 Å². The molecular weight excluding hydrogens is 430 g/mol. The quantitative estimate of drug-likeness (QED) is 0.647. The smallest absolute Gasteiger partial charge is 0.251 e. The van der Waals surface area contributed by atoms with Crippen LogP contribution in [0.15, 0.2) is 35.4 Å². The minimum atomic E-state index is -0.332. The fraction of sp³-hybridized carbons (Fsp3) is 0.450. The largest absolute Gasteiger partial charge is 0.351 e. The van der Waals surface area contributed by atoms with E-state index in [4.69, 9.17) is 0 Å². The van der Waals surface area contributed by atoms with Crippen molar-refractivity contribution in [2.75, 3.05) is 26.2 Å². The summed E-state index contributed by atoms with van der Waals surface area (Å²) in [5, 5.41) is 2.93. The summed E-state index contributed by atoms with van der Waals surface area (Å²) in [6, 6.07) is 5.82. The number of nitrogens with one attached hydrogen (secondary N) is 1. The molecule has 1 N–H and O–H groups in total. The average molecular weight is 456 g/mol. The molecule has 0 saturated carbocycles. The first-order valence-corrected chi connectivity index (χ1v) is 9.90. The molecule has 1 amide bonds. The van der Waals surface area contributed by atoms with Crippen LogP contribution < -0.4 is 5.32 Å².